The van der Waals surface area contributed by atoms with Gasteiger partial charge in [0.15, 0.2) is 0 Å². The minimum atomic E-state index is -0.882. The van der Waals surface area contributed by atoms with Crippen LogP contribution >= 0.6 is 0 Å². The summed E-state index contributed by atoms with van der Waals surface area (Å²) >= 11 is 0. The summed E-state index contributed by atoms with van der Waals surface area (Å²) in [5.41, 5.74) is 0.103. The molecule has 0 atom stereocenters. The fourth-order valence-electron chi connectivity index (χ4n) is 2.04. The Morgan fingerprint density at radius 3 is 2.79 bits per heavy atom. The Kier molecular flexibility index (Phi) is 3.89. The molecule has 0 radical (unpaired) electrons. The quantitative estimate of drug-likeness (QED) is 0.825. The van der Waals surface area contributed by atoms with Crippen molar-refractivity contribution in [3.05, 3.63) is 11.9 Å². The highest BCUT2D eigenvalue weighted by Crippen LogP contribution is 2.38. The number of carbonyl (C=O) groups excluding carboxylic acids is 1. The lowest BCUT2D eigenvalue weighted by molar-refractivity contribution is -0.134. The normalized spacial score (nSPS) is 15.6. The van der Waals surface area contributed by atoms with E-state index in [1.54, 1.807) is 23.4 Å². The summed E-state index contributed by atoms with van der Waals surface area (Å²) in [7, 11) is 0. The maximum absolute atomic E-state index is 12.1. The van der Waals surface area contributed by atoms with Gasteiger partial charge >= 0.3 is 0 Å². The molecule has 0 saturated heterocycles. The van der Waals surface area contributed by atoms with E-state index in [-0.39, 0.29) is 12.5 Å². The molecule has 1 aromatic rings. The molecular weight excluding hydrogens is 244 g/mol. The van der Waals surface area contributed by atoms with Gasteiger partial charge in [-0.25, -0.2) is 4.68 Å². The number of carbonyl (C=O) groups is 1. The fraction of sp³-hybridized carbons (Fsp3) is 0.769. The highest BCUT2D eigenvalue weighted by Gasteiger charge is 2.27. The van der Waals surface area contributed by atoms with Crippen LogP contribution in [0.1, 0.15) is 45.2 Å². The van der Waals surface area contributed by atoms with Crippen LogP contribution in [0, 0.1) is 0 Å². The molecule has 0 bridgehead atoms. The number of amides is 1. The first-order chi connectivity index (χ1) is 8.89. The molecule has 0 aliphatic heterocycles. The number of hydrogen-bond acceptors (Lipinski definition) is 4. The predicted octanol–water partition coefficient (Wildman–Crippen LogP) is 0.775. The molecule has 1 aliphatic rings. The van der Waals surface area contributed by atoms with E-state index in [4.69, 9.17) is 0 Å². The van der Waals surface area contributed by atoms with Crippen molar-refractivity contribution in [2.75, 3.05) is 13.1 Å². The van der Waals surface area contributed by atoms with Gasteiger partial charge in [-0.05, 0) is 33.6 Å². The Hall–Kier alpha value is -1.43. The van der Waals surface area contributed by atoms with E-state index in [1.165, 1.54) is 12.8 Å². The number of aliphatic hydroxyl groups is 1. The van der Waals surface area contributed by atoms with Crippen molar-refractivity contribution in [1.82, 2.24) is 19.9 Å². The van der Waals surface area contributed by atoms with Crippen LogP contribution in [0.4, 0.5) is 0 Å². The third-order valence-corrected chi connectivity index (χ3v) is 3.16. The first-order valence-corrected chi connectivity index (χ1v) is 6.79. The lowest BCUT2D eigenvalue weighted by Gasteiger charge is -2.28. The summed E-state index contributed by atoms with van der Waals surface area (Å²) in [5.74, 6) is 0.499. The van der Waals surface area contributed by atoms with E-state index in [2.05, 4.69) is 10.3 Å². The van der Waals surface area contributed by atoms with Gasteiger partial charge in [0.25, 0.3) is 0 Å². The van der Waals surface area contributed by atoms with Crippen LogP contribution in [0.2, 0.25) is 0 Å². The van der Waals surface area contributed by atoms with E-state index >= 15 is 0 Å². The highest BCUT2D eigenvalue weighted by molar-refractivity contribution is 5.75. The van der Waals surface area contributed by atoms with Crippen molar-refractivity contribution in [2.24, 2.45) is 0 Å². The first kappa shape index (κ1) is 14.0. The molecule has 1 fully saturated rings. The maximum Gasteiger partial charge on any atom is 0.244 e. The van der Waals surface area contributed by atoms with Crippen molar-refractivity contribution < 1.29 is 9.90 Å². The van der Waals surface area contributed by atoms with Gasteiger partial charge in [0.1, 0.15) is 6.54 Å². The molecule has 0 aromatic carbocycles. The second-order valence-corrected chi connectivity index (χ2v) is 5.84. The number of likely N-dealkylation sites (N-methyl/N-ethyl adjacent to an activating group) is 1. The zero-order valence-corrected chi connectivity index (χ0v) is 11.8. The van der Waals surface area contributed by atoms with Gasteiger partial charge in [0.2, 0.25) is 5.91 Å². The van der Waals surface area contributed by atoms with E-state index in [1.807, 2.05) is 13.1 Å². The zero-order valence-electron chi connectivity index (χ0n) is 11.8. The number of hydrogen-bond donors (Lipinski definition) is 1. The maximum atomic E-state index is 12.1. The topological polar surface area (TPSA) is 71.2 Å². The molecule has 1 heterocycles. The fourth-order valence-corrected chi connectivity index (χ4v) is 2.04. The molecule has 0 spiro atoms. The van der Waals surface area contributed by atoms with Crippen molar-refractivity contribution in [3.8, 4) is 0 Å². The van der Waals surface area contributed by atoms with Crippen LogP contribution in [-0.2, 0) is 11.3 Å². The smallest absolute Gasteiger partial charge is 0.244 e. The third-order valence-electron chi connectivity index (χ3n) is 3.16. The van der Waals surface area contributed by atoms with Gasteiger partial charge in [-0.15, -0.1) is 5.10 Å². The summed E-state index contributed by atoms with van der Waals surface area (Å²) in [5, 5.41) is 17.9. The van der Waals surface area contributed by atoms with Crippen LogP contribution in [-0.4, -0.2) is 49.6 Å². The van der Waals surface area contributed by atoms with Crippen LogP contribution in [0.3, 0.4) is 0 Å². The summed E-state index contributed by atoms with van der Waals surface area (Å²) < 4.78 is 1.59. The molecular formula is C13H22N4O2. The molecule has 0 unspecified atom stereocenters. The second-order valence-electron chi connectivity index (χ2n) is 5.84. The molecule has 1 aliphatic carbocycles. The lowest BCUT2D eigenvalue weighted by atomic mass is 10.1. The number of aromatic nitrogens is 3. The Morgan fingerprint density at radius 2 is 2.26 bits per heavy atom. The Balaban J connectivity index is 1.93. The molecule has 1 N–H and O–H groups in total. The van der Waals surface area contributed by atoms with Crippen molar-refractivity contribution >= 4 is 5.91 Å². The SMILES string of the molecule is CCN(CC(C)(C)O)C(=O)Cn1cc(C2CC2)nn1. The Bertz CT molecular complexity index is 446. The molecule has 2 rings (SSSR count). The van der Waals surface area contributed by atoms with Gasteiger partial charge < -0.3 is 10.0 Å². The Morgan fingerprint density at radius 1 is 1.58 bits per heavy atom. The largest absolute Gasteiger partial charge is 0.389 e. The summed E-state index contributed by atoms with van der Waals surface area (Å²) in [6.45, 7) is 6.39. The van der Waals surface area contributed by atoms with Crippen molar-refractivity contribution in [2.45, 2.75) is 51.7 Å². The van der Waals surface area contributed by atoms with E-state index in [0.29, 0.717) is 19.0 Å². The van der Waals surface area contributed by atoms with E-state index < -0.39 is 5.60 Å². The molecule has 106 valence electrons. The molecule has 19 heavy (non-hydrogen) atoms. The lowest BCUT2D eigenvalue weighted by Crippen LogP contribution is -2.43. The summed E-state index contributed by atoms with van der Waals surface area (Å²) in [6.07, 6.45) is 4.20. The number of nitrogens with zero attached hydrogens (tertiary/aromatic N) is 4. The summed E-state index contributed by atoms with van der Waals surface area (Å²) in [6, 6.07) is 0. The van der Waals surface area contributed by atoms with Gasteiger partial charge in [-0.2, -0.15) is 0 Å². The van der Waals surface area contributed by atoms with Crippen molar-refractivity contribution in [3.63, 3.8) is 0 Å². The average molecular weight is 266 g/mol. The summed E-state index contributed by atoms with van der Waals surface area (Å²) in [4.78, 5) is 13.8. The molecule has 6 heteroatoms. The monoisotopic (exact) mass is 266 g/mol. The van der Waals surface area contributed by atoms with Gasteiger partial charge in [0, 0.05) is 25.2 Å². The zero-order chi connectivity index (χ0) is 14.0. The van der Waals surface area contributed by atoms with Gasteiger partial charge in [0.05, 0.1) is 11.3 Å². The second kappa shape index (κ2) is 5.28. The minimum absolute atomic E-state index is 0.0446. The van der Waals surface area contributed by atoms with Crippen LogP contribution in [0.15, 0.2) is 6.20 Å². The van der Waals surface area contributed by atoms with Crippen LogP contribution in [0.25, 0.3) is 0 Å². The van der Waals surface area contributed by atoms with Crippen molar-refractivity contribution in [1.29, 1.82) is 0 Å². The molecule has 6 nitrogen and oxygen atoms in total. The first-order valence-electron chi connectivity index (χ1n) is 6.79. The molecule has 1 aromatic heterocycles. The van der Waals surface area contributed by atoms with Gasteiger partial charge in [-0.3, -0.25) is 4.79 Å². The molecule has 1 saturated carbocycles. The van der Waals surface area contributed by atoms with Crippen LogP contribution < -0.4 is 0 Å². The standard InChI is InChI=1S/C13H22N4O2/c1-4-16(9-13(2,3)19)12(18)8-17-7-11(14-15-17)10-5-6-10/h7,10,19H,4-6,8-9H2,1-3H3. The van der Waals surface area contributed by atoms with E-state index in [9.17, 15) is 9.90 Å². The third kappa shape index (κ3) is 4.02. The Labute approximate surface area is 113 Å². The predicted molar refractivity (Wildman–Crippen MR) is 70.5 cm³/mol. The average Bonchev–Trinajstić information content (AvgIpc) is 3.06. The van der Waals surface area contributed by atoms with E-state index in [0.717, 1.165) is 5.69 Å². The highest BCUT2D eigenvalue weighted by atomic mass is 16.3. The van der Waals surface area contributed by atoms with Gasteiger partial charge in [-0.1, -0.05) is 5.21 Å². The molecule has 1 amide bonds. The van der Waals surface area contributed by atoms with Crippen LogP contribution in [0.5, 0.6) is 0 Å². The number of rotatable bonds is 6. The minimum Gasteiger partial charge on any atom is -0.389 e.